The van der Waals surface area contributed by atoms with Crippen LogP contribution in [0.5, 0.6) is 0 Å². The van der Waals surface area contributed by atoms with E-state index in [1.54, 1.807) is 0 Å². The molecule has 0 spiro atoms. The molecule has 1 N–H and O–H groups in total. The van der Waals surface area contributed by atoms with Crippen LogP contribution in [0, 0.1) is 0 Å². The molecule has 0 aromatic heterocycles. The van der Waals surface area contributed by atoms with Gasteiger partial charge in [0.05, 0.1) is 0 Å². The van der Waals surface area contributed by atoms with Crippen molar-refractivity contribution in [2.75, 3.05) is 23.8 Å². The summed E-state index contributed by atoms with van der Waals surface area (Å²) in [6, 6.07) is 9.18. The van der Waals surface area contributed by atoms with Crippen LogP contribution in [0.2, 0.25) is 0 Å². The van der Waals surface area contributed by atoms with Gasteiger partial charge in [-0.05, 0) is 24.6 Å². The number of nitrogens with one attached hydrogen (secondary N) is 1. The Bertz CT molecular complexity index is 367. The molecule has 1 nitrogen and oxygen atoms in total. The molecule has 1 aliphatic heterocycles. The number of hydrogen-bond donors (Lipinski definition) is 1. The lowest BCUT2D eigenvalue weighted by Gasteiger charge is -2.30. The second kappa shape index (κ2) is 7.83. The smallest absolute Gasteiger partial charge is 0.0295 e. The zero-order chi connectivity index (χ0) is 12.8. The van der Waals surface area contributed by atoms with Crippen LogP contribution in [0.1, 0.15) is 12.5 Å². The van der Waals surface area contributed by atoms with E-state index in [-0.39, 0.29) is 0 Å². The maximum Gasteiger partial charge on any atom is 0.0295 e. The number of rotatable bonds is 5. The van der Waals surface area contributed by atoms with Crippen molar-refractivity contribution in [2.45, 2.75) is 24.6 Å². The number of benzene rings is 1. The van der Waals surface area contributed by atoms with Crippen LogP contribution in [0.25, 0.3) is 0 Å². The summed E-state index contributed by atoms with van der Waals surface area (Å²) in [7, 11) is 0. The first-order valence-electron chi connectivity index (χ1n) is 6.47. The molecule has 0 bridgehead atoms. The topological polar surface area (TPSA) is 12.0 Å². The second-order valence-corrected chi connectivity index (χ2v) is 7.80. The molecule has 4 heteroatoms. The van der Waals surface area contributed by atoms with Gasteiger partial charge in [0.2, 0.25) is 0 Å². The largest absolute Gasteiger partial charge is 0.313 e. The van der Waals surface area contributed by atoms with Gasteiger partial charge in [0, 0.05) is 33.0 Å². The Morgan fingerprint density at radius 1 is 1.39 bits per heavy atom. The average Bonchev–Trinajstić information content (AvgIpc) is 2.42. The summed E-state index contributed by atoms with van der Waals surface area (Å²) < 4.78 is 1.24. The highest BCUT2D eigenvalue weighted by atomic mass is 79.9. The van der Waals surface area contributed by atoms with Crippen molar-refractivity contribution in [2.24, 2.45) is 0 Å². The highest BCUT2D eigenvalue weighted by molar-refractivity contribution is 9.10. The molecule has 1 heterocycles. The Labute approximate surface area is 127 Å². The molecule has 1 aromatic carbocycles. The Morgan fingerprint density at radius 3 is 2.89 bits per heavy atom. The molecule has 0 radical (unpaired) electrons. The monoisotopic (exact) mass is 345 g/mol. The summed E-state index contributed by atoms with van der Waals surface area (Å²) in [5.41, 5.74) is 1.42. The van der Waals surface area contributed by atoms with Crippen LogP contribution in [-0.4, -0.2) is 35.1 Å². The molecule has 1 aliphatic rings. The van der Waals surface area contributed by atoms with Gasteiger partial charge in [-0.15, -0.1) is 0 Å². The van der Waals surface area contributed by atoms with Crippen molar-refractivity contribution in [3.63, 3.8) is 0 Å². The van der Waals surface area contributed by atoms with Gasteiger partial charge in [-0.25, -0.2) is 0 Å². The second-order valence-electron chi connectivity index (χ2n) is 4.44. The van der Waals surface area contributed by atoms with Crippen LogP contribution in [0.15, 0.2) is 28.7 Å². The third-order valence-electron chi connectivity index (χ3n) is 3.15. The molecule has 0 aliphatic carbocycles. The van der Waals surface area contributed by atoms with E-state index in [2.05, 4.69) is 76.0 Å². The third kappa shape index (κ3) is 4.19. The number of halogens is 1. The minimum atomic E-state index is 0.589. The van der Waals surface area contributed by atoms with E-state index >= 15 is 0 Å². The van der Waals surface area contributed by atoms with Crippen LogP contribution in [-0.2, 0) is 6.42 Å². The van der Waals surface area contributed by atoms with Gasteiger partial charge in [0.15, 0.2) is 0 Å². The number of hydrogen-bond acceptors (Lipinski definition) is 3. The zero-order valence-electron chi connectivity index (χ0n) is 10.7. The lowest BCUT2D eigenvalue weighted by atomic mass is 10.0. The molecule has 0 saturated carbocycles. The molecule has 2 atom stereocenters. The minimum absolute atomic E-state index is 0.589. The Balaban J connectivity index is 2.03. The Kier molecular flexibility index (Phi) is 6.42. The molecule has 100 valence electrons. The Morgan fingerprint density at radius 2 is 2.22 bits per heavy atom. The summed E-state index contributed by atoms with van der Waals surface area (Å²) in [5, 5.41) is 4.42. The highest BCUT2D eigenvalue weighted by Gasteiger charge is 2.24. The highest BCUT2D eigenvalue weighted by Crippen LogP contribution is 2.29. The molecular formula is C14H20BrNS2. The van der Waals surface area contributed by atoms with Gasteiger partial charge in [-0.3, -0.25) is 0 Å². The van der Waals surface area contributed by atoms with Gasteiger partial charge in [0.25, 0.3) is 0 Å². The molecule has 2 rings (SSSR count). The minimum Gasteiger partial charge on any atom is -0.313 e. The Hall–Kier alpha value is 0.360. The lowest BCUT2D eigenvalue weighted by Crippen LogP contribution is -2.42. The van der Waals surface area contributed by atoms with Gasteiger partial charge in [-0.2, -0.15) is 23.5 Å². The first kappa shape index (κ1) is 14.8. The van der Waals surface area contributed by atoms with E-state index in [1.165, 1.54) is 27.3 Å². The summed E-state index contributed by atoms with van der Waals surface area (Å²) in [4.78, 5) is 0. The normalized spacial score (nSPS) is 21.8. The summed E-state index contributed by atoms with van der Waals surface area (Å²) in [5.74, 6) is 3.90. The van der Waals surface area contributed by atoms with Crippen LogP contribution < -0.4 is 5.32 Å². The summed E-state index contributed by atoms with van der Waals surface area (Å²) >= 11 is 7.90. The standard InChI is InChI=1S/C14H20BrNS2/c1-2-16-13(14-10-17-7-8-18-14)9-11-5-3-4-6-12(11)15/h3-6,13-14,16H,2,7-10H2,1H3. The first-order chi connectivity index (χ1) is 8.81. The van der Waals surface area contributed by atoms with Crippen LogP contribution >= 0.6 is 39.5 Å². The first-order valence-corrected chi connectivity index (χ1v) is 9.47. The van der Waals surface area contributed by atoms with Crippen molar-refractivity contribution in [3.8, 4) is 0 Å². The summed E-state index contributed by atoms with van der Waals surface area (Å²) in [6.07, 6.45) is 1.12. The van der Waals surface area contributed by atoms with Crippen molar-refractivity contribution in [1.29, 1.82) is 0 Å². The van der Waals surface area contributed by atoms with E-state index in [1.807, 2.05) is 0 Å². The molecular weight excluding hydrogens is 326 g/mol. The zero-order valence-corrected chi connectivity index (χ0v) is 13.9. The van der Waals surface area contributed by atoms with Crippen molar-refractivity contribution < 1.29 is 0 Å². The molecule has 18 heavy (non-hydrogen) atoms. The van der Waals surface area contributed by atoms with E-state index < -0.39 is 0 Å². The molecule has 2 unspecified atom stereocenters. The lowest BCUT2D eigenvalue weighted by molar-refractivity contribution is 0.522. The van der Waals surface area contributed by atoms with Gasteiger partial charge < -0.3 is 5.32 Å². The molecule has 1 aromatic rings. The van der Waals surface area contributed by atoms with Gasteiger partial charge in [-0.1, -0.05) is 41.1 Å². The van der Waals surface area contributed by atoms with Gasteiger partial charge >= 0.3 is 0 Å². The molecule has 1 saturated heterocycles. The predicted molar refractivity (Wildman–Crippen MR) is 88.9 cm³/mol. The van der Waals surface area contributed by atoms with Crippen molar-refractivity contribution >= 4 is 39.5 Å². The summed E-state index contributed by atoms with van der Waals surface area (Å²) in [6.45, 7) is 3.25. The van der Waals surface area contributed by atoms with Gasteiger partial charge in [0.1, 0.15) is 0 Å². The fourth-order valence-corrected chi connectivity index (χ4v) is 5.57. The third-order valence-corrected chi connectivity index (χ3v) is 6.85. The van der Waals surface area contributed by atoms with Crippen LogP contribution in [0.3, 0.4) is 0 Å². The SMILES string of the molecule is CCNC(Cc1ccccc1Br)C1CSCCS1. The van der Waals surface area contributed by atoms with Crippen molar-refractivity contribution in [3.05, 3.63) is 34.3 Å². The quantitative estimate of drug-likeness (QED) is 0.871. The maximum atomic E-state index is 3.67. The van der Waals surface area contributed by atoms with E-state index in [0.29, 0.717) is 6.04 Å². The average molecular weight is 346 g/mol. The van der Waals surface area contributed by atoms with E-state index in [9.17, 15) is 0 Å². The fourth-order valence-electron chi connectivity index (χ4n) is 2.24. The van der Waals surface area contributed by atoms with E-state index in [0.717, 1.165) is 18.2 Å². The predicted octanol–water partition coefficient (Wildman–Crippen LogP) is 3.82. The fraction of sp³-hybridized carbons (Fsp3) is 0.571. The molecule has 0 amide bonds. The molecule has 1 fully saturated rings. The number of likely N-dealkylation sites (N-methyl/N-ethyl adjacent to an activating group) is 1. The van der Waals surface area contributed by atoms with Crippen LogP contribution in [0.4, 0.5) is 0 Å². The maximum absolute atomic E-state index is 3.67. The number of thioether (sulfide) groups is 2. The van der Waals surface area contributed by atoms with E-state index in [4.69, 9.17) is 0 Å². The van der Waals surface area contributed by atoms with Crippen molar-refractivity contribution in [1.82, 2.24) is 5.32 Å².